The Morgan fingerprint density at radius 2 is 0.554 bits per heavy atom. The lowest BCUT2D eigenvalue weighted by atomic mass is 9.97. The van der Waals surface area contributed by atoms with Crippen molar-refractivity contribution in [2.45, 2.75) is 0 Å². The van der Waals surface area contributed by atoms with Crippen molar-refractivity contribution in [2.75, 3.05) is 9.80 Å². The van der Waals surface area contributed by atoms with Crippen LogP contribution in [0.3, 0.4) is 0 Å². The first-order chi connectivity index (χ1) is 41.2. The van der Waals surface area contributed by atoms with Gasteiger partial charge in [0.25, 0.3) is 0 Å². The third-order valence-corrected chi connectivity index (χ3v) is 16.3. The number of benzene rings is 11. The number of nitrogens with zero attached hydrogens (tertiary/aromatic N) is 7. The molecule has 0 aliphatic heterocycles. The van der Waals surface area contributed by atoms with Crippen molar-refractivity contribution in [3.63, 3.8) is 0 Å². The van der Waals surface area contributed by atoms with Crippen molar-refractivity contribution in [2.24, 2.45) is 0 Å². The summed E-state index contributed by atoms with van der Waals surface area (Å²) < 4.78 is 7.16. The van der Waals surface area contributed by atoms with Crippen LogP contribution in [-0.2, 0) is 0 Å². The van der Waals surface area contributed by atoms with E-state index in [0.29, 0.717) is 0 Å². The van der Waals surface area contributed by atoms with Crippen LogP contribution in [-0.4, -0.2) is 23.7 Å². The molecular weight excluding hydrogens is 1010 g/mol. The molecule has 83 heavy (non-hydrogen) atoms. The molecule has 5 aromatic heterocycles. The minimum absolute atomic E-state index is 1.06. The van der Waals surface area contributed by atoms with Gasteiger partial charge >= 0.3 is 0 Å². The van der Waals surface area contributed by atoms with Gasteiger partial charge in [-0.25, -0.2) is 0 Å². The molecule has 11 aromatic carbocycles. The van der Waals surface area contributed by atoms with Crippen molar-refractivity contribution in [1.82, 2.24) is 23.7 Å². The number of fused-ring (bicyclic) bond motifs is 9. The maximum Gasteiger partial charge on any atom is 0.0572 e. The van der Waals surface area contributed by atoms with Crippen LogP contribution in [0.25, 0.3) is 105 Å². The molecule has 16 rings (SSSR count). The van der Waals surface area contributed by atoms with E-state index in [1.165, 1.54) is 21.5 Å². The fourth-order valence-electron chi connectivity index (χ4n) is 12.6. The molecule has 0 aliphatic carbocycles. The number of rotatable bonds is 11. The molecule has 0 amide bonds. The van der Waals surface area contributed by atoms with E-state index in [1.54, 1.807) is 0 Å². The lowest BCUT2D eigenvalue weighted by molar-refractivity contribution is 1.17. The van der Waals surface area contributed by atoms with Crippen LogP contribution in [0, 0.1) is 0 Å². The number of aromatic nitrogens is 5. The van der Waals surface area contributed by atoms with Gasteiger partial charge in [0, 0.05) is 108 Å². The third kappa shape index (κ3) is 8.13. The molecule has 7 heteroatoms. The van der Waals surface area contributed by atoms with Gasteiger partial charge in [0.2, 0.25) is 0 Å². The Morgan fingerprint density at radius 1 is 0.217 bits per heavy atom. The van der Waals surface area contributed by atoms with Crippen LogP contribution in [0.2, 0.25) is 0 Å². The fourth-order valence-corrected chi connectivity index (χ4v) is 12.6. The van der Waals surface area contributed by atoms with Gasteiger partial charge in [-0.15, -0.1) is 0 Å². The normalized spacial score (nSPS) is 11.6. The van der Waals surface area contributed by atoms with Gasteiger partial charge in [0.15, 0.2) is 0 Å². The Hall–Kier alpha value is -11.3. The molecular formula is C76H51N7. The number of anilines is 6. The van der Waals surface area contributed by atoms with Crippen LogP contribution in [0.15, 0.2) is 310 Å². The molecule has 0 saturated carbocycles. The predicted molar refractivity (Wildman–Crippen MR) is 345 cm³/mol. The van der Waals surface area contributed by atoms with Crippen molar-refractivity contribution in [1.29, 1.82) is 0 Å². The van der Waals surface area contributed by atoms with E-state index in [0.717, 1.165) is 117 Å². The highest BCUT2D eigenvalue weighted by atomic mass is 15.1. The Morgan fingerprint density at radius 3 is 0.952 bits per heavy atom. The average Bonchev–Trinajstić information content (AvgIpc) is 4.07. The predicted octanol–water partition coefficient (Wildman–Crippen LogP) is 20.0. The van der Waals surface area contributed by atoms with Gasteiger partial charge in [-0.2, -0.15) is 0 Å². The van der Waals surface area contributed by atoms with Gasteiger partial charge in [0.05, 0.1) is 33.1 Å². The SMILES string of the molecule is c1ccc(N(c2ccccc2)c2ccc3c(c2)c2ccccc2n3-c2ccc(-c3cc(-c4ccc(-n5c6ccccc6c6cc(N(c7ccccc7)c7ccccc7)ccc65)cc4)cc(-n4c5ccncc5c5cnccc54)c3)cc2)cc1. The van der Waals surface area contributed by atoms with Crippen molar-refractivity contribution < 1.29 is 0 Å². The average molecular weight is 1060 g/mol. The van der Waals surface area contributed by atoms with Gasteiger partial charge < -0.3 is 23.5 Å². The zero-order valence-corrected chi connectivity index (χ0v) is 45.1. The second-order valence-electron chi connectivity index (χ2n) is 21.1. The number of hydrogen-bond donors (Lipinski definition) is 0. The Bertz CT molecular complexity index is 4670. The molecule has 5 heterocycles. The van der Waals surface area contributed by atoms with Crippen LogP contribution >= 0.6 is 0 Å². The lowest BCUT2D eigenvalue weighted by Crippen LogP contribution is -2.09. The summed E-state index contributed by atoms with van der Waals surface area (Å²) in [4.78, 5) is 13.8. The topological polar surface area (TPSA) is 47.0 Å². The van der Waals surface area contributed by atoms with E-state index in [2.05, 4.69) is 319 Å². The lowest BCUT2D eigenvalue weighted by Gasteiger charge is -2.25. The summed E-state index contributed by atoms with van der Waals surface area (Å²) >= 11 is 0. The molecule has 0 saturated heterocycles. The first-order valence-corrected chi connectivity index (χ1v) is 28.1. The molecule has 16 aromatic rings. The molecule has 0 atom stereocenters. The Kier molecular flexibility index (Phi) is 11.4. The second-order valence-corrected chi connectivity index (χ2v) is 21.1. The van der Waals surface area contributed by atoms with E-state index < -0.39 is 0 Å². The summed E-state index contributed by atoms with van der Waals surface area (Å²) in [6.45, 7) is 0. The minimum Gasteiger partial charge on any atom is -0.310 e. The van der Waals surface area contributed by atoms with E-state index in [4.69, 9.17) is 0 Å². The molecule has 0 bridgehead atoms. The molecule has 0 N–H and O–H groups in total. The number of pyridine rings is 2. The Labute approximate surface area is 479 Å². The maximum absolute atomic E-state index is 4.56. The van der Waals surface area contributed by atoms with Gasteiger partial charge in [-0.1, -0.05) is 133 Å². The molecule has 0 unspecified atom stereocenters. The van der Waals surface area contributed by atoms with E-state index in [-0.39, 0.29) is 0 Å². The summed E-state index contributed by atoms with van der Waals surface area (Å²) in [6, 6.07) is 103. The van der Waals surface area contributed by atoms with Crippen molar-refractivity contribution in [3.8, 4) is 39.3 Å². The number of hydrogen-bond acceptors (Lipinski definition) is 4. The summed E-state index contributed by atoms with van der Waals surface area (Å²) in [6.07, 6.45) is 7.66. The summed E-state index contributed by atoms with van der Waals surface area (Å²) in [5.41, 5.74) is 21.1. The van der Waals surface area contributed by atoms with Gasteiger partial charge in [-0.3, -0.25) is 9.97 Å². The number of para-hydroxylation sites is 6. The van der Waals surface area contributed by atoms with E-state index in [1.807, 2.05) is 24.8 Å². The zero-order chi connectivity index (χ0) is 54.8. The summed E-state index contributed by atoms with van der Waals surface area (Å²) in [5, 5.41) is 6.93. The highest BCUT2D eigenvalue weighted by molar-refractivity contribution is 6.12. The monoisotopic (exact) mass is 1060 g/mol. The molecule has 390 valence electrons. The molecule has 0 aliphatic rings. The van der Waals surface area contributed by atoms with Gasteiger partial charge in [0.1, 0.15) is 0 Å². The standard InChI is InChI=1S/C76H51N7/c1-5-17-56(18-6-1)79(57-19-7-2-8-20-57)62-37-39-73-67(48-62)65-25-13-15-27-71(65)81(73)60-33-29-52(30-34-60)54-45-55(47-64(46-54)83-75-41-43-77-50-69(75)70-51-78-44-42-76(70)83)53-31-35-61(36-32-53)82-72-28-16-14-26-66(72)68-49-63(38-40-74(68)82)80(58-21-9-3-10-22-58)59-23-11-4-12-24-59/h1-51H. The first kappa shape index (κ1) is 47.7. The van der Waals surface area contributed by atoms with Gasteiger partial charge in [-0.05, 0) is 174 Å². The smallest absolute Gasteiger partial charge is 0.0572 e. The molecule has 7 nitrogen and oxygen atoms in total. The van der Waals surface area contributed by atoms with Crippen LogP contribution in [0.4, 0.5) is 34.1 Å². The Balaban J connectivity index is 0.805. The minimum atomic E-state index is 1.06. The second kappa shape index (κ2) is 19.8. The molecule has 0 fully saturated rings. The first-order valence-electron chi connectivity index (χ1n) is 28.1. The largest absolute Gasteiger partial charge is 0.310 e. The van der Waals surface area contributed by atoms with Crippen LogP contribution in [0.1, 0.15) is 0 Å². The van der Waals surface area contributed by atoms with E-state index in [9.17, 15) is 0 Å². The van der Waals surface area contributed by atoms with E-state index >= 15 is 0 Å². The quantitative estimate of drug-likeness (QED) is 0.129. The molecule has 0 radical (unpaired) electrons. The maximum atomic E-state index is 4.56. The summed E-state index contributed by atoms with van der Waals surface area (Å²) in [5.74, 6) is 0. The zero-order valence-electron chi connectivity index (χ0n) is 45.1. The van der Waals surface area contributed by atoms with Crippen molar-refractivity contribution >= 4 is 99.5 Å². The highest BCUT2D eigenvalue weighted by Crippen LogP contribution is 2.43. The van der Waals surface area contributed by atoms with Crippen LogP contribution < -0.4 is 9.80 Å². The highest BCUT2D eigenvalue weighted by Gasteiger charge is 2.21. The van der Waals surface area contributed by atoms with Crippen LogP contribution in [0.5, 0.6) is 0 Å². The fraction of sp³-hybridized carbons (Fsp3) is 0. The third-order valence-electron chi connectivity index (χ3n) is 16.3. The van der Waals surface area contributed by atoms with Crippen molar-refractivity contribution in [3.05, 3.63) is 310 Å². The summed E-state index contributed by atoms with van der Waals surface area (Å²) in [7, 11) is 0. The molecule has 0 spiro atoms.